The van der Waals surface area contributed by atoms with Crippen molar-refractivity contribution in [2.75, 3.05) is 31.6 Å². The Labute approximate surface area is 166 Å². The van der Waals surface area contributed by atoms with E-state index in [1.165, 1.54) is 21.9 Å². The number of hydrogen-bond acceptors (Lipinski definition) is 7. The normalized spacial score (nSPS) is 14.0. The van der Waals surface area contributed by atoms with Gasteiger partial charge in [0.25, 0.3) is 0 Å². The molecule has 0 bridgehead atoms. The third-order valence-corrected chi connectivity index (χ3v) is 4.49. The van der Waals surface area contributed by atoms with Gasteiger partial charge in [-0.25, -0.2) is 4.68 Å². The molecule has 150 valence electrons. The number of morpholine rings is 1. The number of ether oxygens (including phenoxy) is 1. The van der Waals surface area contributed by atoms with Crippen LogP contribution in [0.15, 0.2) is 43.0 Å². The predicted molar refractivity (Wildman–Crippen MR) is 101 cm³/mol. The van der Waals surface area contributed by atoms with Gasteiger partial charge in [0.15, 0.2) is 0 Å². The lowest BCUT2D eigenvalue weighted by Gasteiger charge is -2.26. The zero-order valence-corrected chi connectivity index (χ0v) is 15.6. The van der Waals surface area contributed by atoms with Gasteiger partial charge in [0.05, 0.1) is 37.2 Å². The Kier molecular flexibility index (Phi) is 5.56. The maximum absolute atomic E-state index is 12.3. The van der Waals surface area contributed by atoms with Crippen LogP contribution < -0.4 is 5.32 Å². The Morgan fingerprint density at radius 1 is 1.14 bits per heavy atom. The first-order valence-electron chi connectivity index (χ1n) is 9.17. The standard InChI is InChI=1S/C18H20N8O3/c27-17(9-14-1-3-16(4-2-14)26-13-19-22-23-26)21-15-10-20-25(11-15)12-18(28)24-5-7-29-8-6-24/h1-4,10-11,13H,5-9,12H2,(H,21,27). The van der Waals surface area contributed by atoms with Crippen molar-refractivity contribution in [3.63, 3.8) is 0 Å². The first-order chi connectivity index (χ1) is 14.2. The number of nitrogens with zero attached hydrogens (tertiary/aromatic N) is 7. The van der Waals surface area contributed by atoms with Gasteiger partial charge in [0, 0.05) is 19.3 Å². The summed E-state index contributed by atoms with van der Waals surface area (Å²) in [5, 5.41) is 18.0. The number of benzene rings is 1. The largest absolute Gasteiger partial charge is 0.378 e. The number of carbonyl (C=O) groups excluding carboxylic acids is 2. The molecule has 4 rings (SSSR count). The molecule has 2 aromatic heterocycles. The van der Waals surface area contributed by atoms with Crippen molar-refractivity contribution < 1.29 is 14.3 Å². The van der Waals surface area contributed by atoms with Gasteiger partial charge in [-0.05, 0) is 28.1 Å². The molecule has 0 aliphatic carbocycles. The van der Waals surface area contributed by atoms with Crippen molar-refractivity contribution >= 4 is 17.5 Å². The monoisotopic (exact) mass is 396 g/mol. The van der Waals surface area contributed by atoms with Gasteiger partial charge in [0.1, 0.15) is 12.9 Å². The van der Waals surface area contributed by atoms with Crippen molar-refractivity contribution in [1.82, 2.24) is 34.9 Å². The fourth-order valence-corrected chi connectivity index (χ4v) is 3.00. The van der Waals surface area contributed by atoms with E-state index in [9.17, 15) is 9.59 Å². The molecule has 0 spiro atoms. The molecule has 0 atom stereocenters. The van der Waals surface area contributed by atoms with Gasteiger partial charge < -0.3 is 15.0 Å². The Hall–Kier alpha value is -3.60. The molecule has 1 aromatic carbocycles. The Bertz CT molecular complexity index is 961. The van der Waals surface area contributed by atoms with E-state index >= 15 is 0 Å². The maximum Gasteiger partial charge on any atom is 0.244 e. The fraction of sp³-hybridized carbons (Fsp3) is 0.333. The minimum atomic E-state index is -0.167. The molecule has 29 heavy (non-hydrogen) atoms. The van der Waals surface area contributed by atoms with E-state index in [4.69, 9.17) is 4.74 Å². The van der Waals surface area contributed by atoms with Crippen LogP contribution >= 0.6 is 0 Å². The highest BCUT2D eigenvalue weighted by molar-refractivity contribution is 5.92. The van der Waals surface area contributed by atoms with E-state index in [0.29, 0.717) is 32.0 Å². The molecule has 1 aliphatic heterocycles. The van der Waals surface area contributed by atoms with Gasteiger partial charge >= 0.3 is 0 Å². The van der Waals surface area contributed by atoms with Crippen LogP contribution in [0.2, 0.25) is 0 Å². The van der Waals surface area contributed by atoms with E-state index in [1.54, 1.807) is 11.1 Å². The summed E-state index contributed by atoms with van der Waals surface area (Å²) >= 11 is 0. The van der Waals surface area contributed by atoms with Gasteiger partial charge in [-0.1, -0.05) is 12.1 Å². The lowest BCUT2D eigenvalue weighted by molar-refractivity contribution is -0.136. The SMILES string of the molecule is O=C(Cc1ccc(-n2cnnn2)cc1)Nc1cnn(CC(=O)N2CCOCC2)c1. The summed E-state index contributed by atoms with van der Waals surface area (Å²) in [4.78, 5) is 26.3. The molecule has 1 saturated heterocycles. The van der Waals surface area contributed by atoms with Crippen molar-refractivity contribution in [3.05, 3.63) is 48.5 Å². The molecule has 11 heteroatoms. The van der Waals surface area contributed by atoms with Crippen molar-refractivity contribution in [1.29, 1.82) is 0 Å². The molecule has 2 amide bonds. The number of nitrogens with one attached hydrogen (secondary N) is 1. The van der Waals surface area contributed by atoms with Crippen LogP contribution in [-0.2, 0) is 27.3 Å². The topological polar surface area (TPSA) is 120 Å². The molecule has 1 fully saturated rings. The van der Waals surface area contributed by atoms with Crippen LogP contribution in [0.25, 0.3) is 5.69 Å². The summed E-state index contributed by atoms with van der Waals surface area (Å²) in [6.07, 6.45) is 4.90. The quantitative estimate of drug-likeness (QED) is 0.618. The van der Waals surface area contributed by atoms with Gasteiger partial charge in [-0.15, -0.1) is 5.10 Å². The number of aromatic nitrogens is 6. The van der Waals surface area contributed by atoms with Gasteiger partial charge in [-0.3, -0.25) is 14.3 Å². The first-order valence-corrected chi connectivity index (χ1v) is 9.17. The first kappa shape index (κ1) is 18.7. The van der Waals surface area contributed by atoms with E-state index in [2.05, 4.69) is 25.9 Å². The molecule has 3 heterocycles. The minimum Gasteiger partial charge on any atom is -0.378 e. The molecular weight excluding hydrogens is 376 g/mol. The fourth-order valence-electron chi connectivity index (χ4n) is 3.00. The van der Waals surface area contributed by atoms with Gasteiger partial charge in [-0.2, -0.15) is 5.10 Å². The van der Waals surface area contributed by atoms with E-state index < -0.39 is 0 Å². The van der Waals surface area contributed by atoms with Crippen LogP contribution in [0.4, 0.5) is 5.69 Å². The highest BCUT2D eigenvalue weighted by Crippen LogP contribution is 2.11. The average Bonchev–Trinajstić information content (AvgIpc) is 3.42. The predicted octanol–water partition coefficient (Wildman–Crippen LogP) is -0.101. The number of hydrogen-bond donors (Lipinski definition) is 1. The van der Waals surface area contributed by atoms with Crippen molar-refractivity contribution in [2.45, 2.75) is 13.0 Å². The third-order valence-electron chi connectivity index (χ3n) is 4.49. The molecule has 0 saturated carbocycles. The summed E-state index contributed by atoms with van der Waals surface area (Å²) in [7, 11) is 0. The van der Waals surface area contributed by atoms with Crippen molar-refractivity contribution in [2.24, 2.45) is 0 Å². The van der Waals surface area contributed by atoms with Crippen LogP contribution in [0.5, 0.6) is 0 Å². The minimum absolute atomic E-state index is 0.0167. The molecule has 1 aliphatic rings. The number of carbonyl (C=O) groups is 2. The summed E-state index contributed by atoms with van der Waals surface area (Å²) < 4.78 is 8.31. The maximum atomic E-state index is 12.3. The zero-order valence-electron chi connectivity index (χ0n) is 15.6. The van der Waals surface area contributed by atoms with Gasteiger partial charge in [0.2, 0.25) is 11.8 Å². The molecule has 1 N–H and O–H groups in total. The molecule has 11 nitrogen and oxygen atoms in total. The van der Waals surface area contributed by atoms with Crippen LogP contribution in [0.3, 0.4) is 0 Å². The zero-order chi connectivity index (χ0) is 20.1. The second-order valence-corrected chi connectivity index (χ2v) is 6.57. The van der Waals surface area contributed by atoms with Crippen molar-refractivity contribution in [3.8, 4) is 5.69 Å². The van der Waals surface area contributed by atoms with E-state index in [-0.39, 0.29) is 24.8 Å². The Balaban J connectivity index is 1.29. The lowest BCUT2D eigenvalue weighted by Crippen LogP contribution is -2.42. The van der Waals surface area contributed by atoms with Crippen LogP contribution in [-0.4, -0.2) is 73.0 Å². The van der Waals surface area contributed by atoms with E-state index in [0.717, 1.165) is 11.3 Å². The molecule has 3 aromatic rings. The Morgan fingerprint density at radius 3 is 2.66 bits per heavy atom. The smallest absolute Gasteiger partial charge is 0.244 e. The highest BCUT2D eigenvalue weighted by atomic mass is 16.5. The molecule has 0 unspecified atom stereocenters. The molecular formula is C18H20N8O3. The number of rotatable bonds is 6. The second kappa shape index (κ2) is 8.61. The molecule has 0 radical (unpaired) electrons. The second-order valence-electron chi connectivity index (χ2n) is 6.57. The lowest BCUT2D eigenvalue weighted by atomic mass is 10.1. The van der Waals surface area contributed by atoms with Crippen LogP contribution in [0.1, 0.15) is 5.56 Å². The number of anilines is 1. The van der Waals surface area contributed by atoms with Crippen LogP contribution in [0, 0.1) is 0 Å². The van der Waals surface area contributed by atoms with E-state index in [1.807, 2.05) is 24.3 Å². The highest BCUT2D eigenvalue weighted by Gasteiger charge is 2.17. The number of amides is 2. The summed E-state index contributed by atoms with van der Waals surface area (Å²) in [6, 6.07) is 7.38. The summed E-state index contributed by atoms with van der Waals surface area (Å²) in [5.41, 5.74) is 2.22. The summed E-state index contributed by atoms with van der Waals surface area (Å²) in [6.45, 7) is 2.44. The average molecular weight is 396 g/mol. The third kappa shape index (κ3) is 4.82. The Morgan fingerprint density at radius 2 is 1.93 bits per heavy atom. The summed E-state index contributed by atoms with van der Waals surface area (Å²) in [5.74, 6) is -0.184. The number of tetrazole rings is 1.